The smallest absolute Gasteiger partial charge is 0.280 e. The Balaban J connectivity index is 2.04. The highest BCUT2D eigenvalue weighted by Gasteiger charge is 2.35. The minimum absolute atomic E-state index is 0.135. The second-order valence-electron chi connectivity index (χ2n) is 3.97. The van der Waals surface area contributed by atoms with Crippen LogP contribution < -0.4 is 10.5 Å². The van der Waals surface area contributed by atoms with E-state index in [2.05, 4.69) is 4.72 Å². The van der Waals surface area contributed by atoms with Gasteiger partial charge in [-0.15, -0.1) is 0 Å². The lowest BCUT2D eigenvalue weighted by Crippen LogP contribution is -2.55. The molecule has 6 nitrogen and oxygen atoms in total. The summed E-state index contributed by atoms with van der Waals surface area (Å²) in [4.78, 5) is 0. The van der Waals surface area contributed by atoms with Crippen LogP contribution in [0.15, 0.2) is 0 Å². The molecule has 0 bridgehead atoms. The first-order valence-electron chi connectivity index (χ1n) is 5.20. The first kappa shape index (κ1) is 11.3. The Kier molecular flexibility index (Phi) is 3.27. The maximum Gasteiger partial charge on any atom is 0.280 e. The molecule has 88 valence electrons. The molecular formula is C8H17N3O3S. The predicted octanol–water partition coefficient (Wildman–Crippen LogP) is -1.36. The number of nitrogens with zero attached hydrogens (tertiary/aromatic N) is 1. The van der Waals surface area contributed by atoms with E-state index in [9.17, 15) is 8.42 Å². The van der Waals surface area contributed by atoms with E-state index in [1.807, 2.05) is 0 Å². The normalized spacial score (nSPS) is 29.3. The molecule has 1 aliphatic heterocycles. The highest BCUT2D eigenvalue weighted by Crippen LogP contribution is 2.21. The molecule has 2 fully saturated rings. The number of hydrogen-bond acceptors (Lipinski definition) is 4. The highest BCUT2D eigenvalue weighted by atomic mass is 32.2. The Bertz CT molecular complexity index is 315. The quantitative estimate of drug-likeness (QED) is 0.630. The van der Waals surface area contributed by atoms with E-state index in [0.717, 1.165) is 12.8 Å². The van der Waals surface area contributed by atoms with E-state index in [-0.39, 0.29) is 12.1 Å². The van der Waals surface area contributed by atoms with Crippen LogP contribution in [0.4, 0.5) is 0 Å². The first-order chi connectivity index (χ1) is 7.13. The van der Waals surface area contributed by atoms with Crippen molar-refractivity contribution >= 4 is 10.2 Å². The summed E-state index contributed by atoms with van der Waals surface area (Å²) in [5.41, 5.74) is 5.52. The maximum absolute atomic E-state index is 11.9. The van der Waals surface area contributed by atoms with Crippen molar-refractivity contribution in [2.24, 2.45) is 5.73 Å². The van der Waals surface area contributed by atoms with Gasteiger partial charge in [0.15, 0.2) is 0 Å². The number of hydrogen-bond donors (Lipinski definition) is 2. The van der Waals surface area contributed by atoms with Crippen molar-refractivity contribution in [2.75, 3.05) is 26.3 Å². The van der Waals surface area contributed by atoms with Gasteiger partial charge in [0.2, 0.25) is 0 Å². The number of nitrogens with two attached hydrogens (primary N) is 1. The zero-order chi connectivity index (χ0) is 10.9. The molecule has 0 aromatic carbocycles. The van der Waals surface area contributed by atoms with Crippen LogP contribution in [-0.2, 0) is 14.9 Å². The van der Waals surface area contributed by atoms with E-state index in [1.54, 1.807) is 0 Å². The summed E-state index contributed by atoms with van der Waals surface area (Å²) in [6, 6.07) is -0.0914. The molecule has 0 aromatic rings. The molecule has 1 aliphatic carbocycles. The van der Waals surface area contributed by atoms with Crippen LogP contribution in [0, 0.1) is 0 Å². The second-order valence-corrected chi connectivity index (χ2v) is 5.63. The van der Waals surface area contributed by atoms with Crippen LogP contribution in [0.5, 0.6) is 0 Å². The van der Waals surface area contributed by atoms with Crippen molar-refractivity contribution in [3.63, 3.8) is 0 Å². The molecule has 0 aromatic heterocycles. The van der Waals surface area contributed by atoms with Crippen LogP contribution >= 0.6 is 0 Å². The summed E-state index contributed by atoms with van der Waals surface area (Å²) in [7, 11) is -3.36. The summed E-state index contributed by atoms with van der Waals surface area (Å²) in [6.45, 7) is 1.53. The van der Waals surface area contributed by atoms with Gasteiger partial charge in [-0.3, -0.25) is 0 Å². The van der Waals surface area contributed by atoms with Gasteiger partial charge >= 0.3 is 0 Å². The molecule has 15 heavy (non-hydrogen) atoms. The van der Waals surface area contributed by atoms with Crippen molar-refractivity contribution in [1.82, 2.24) is 9.03 Å². The van der Waals surface area contributed by atoms with Gasteiger partial charge in [-0.1, -0.05) is 0 Å². The van der Waals surface area contributed by atoms with Crippen molar-refractivity contribution < 1.29 is 13.2 Å². The zero-order valence-corrected chi connectivity index (χ0v) is 9.37. The van der Waals surface area contributed by atoms with E-state index < -0.39 is 10.2 Å². The Morgan fingerprint density at radius 2 is 2.20 bits per heavy atom. The first-order valence-corrected chi connectivity index (χ1v) is 6.64. The van der Waals surface area contributed by atoms with E-state index >= 15 is 0 Å². The minimum Gasteiger partial charge on any atom is -0.378 e. The van der Waals surface area contributed by atoms with Crippen molar-refractivity contribution in [1.29, 1.82) is 0 Å². The summed E-state index contributed by atoms with van der Waals surface area (Å²) in [6.07, 6.45) is 1.88. The number of rotatable bonds is 4. The van der Waals surface area contributed by atoms with Crippen molar-refractivity contribution in [2.45, 2.75) is 24.9 Å². The number of nitrogens with one attached hydrogen (secondary N) is 1. The molecule has 0 spiro atoms. The largest absolute Gasteiger partial charge is 0.378 e. The standard InChI is InChI=1S/C8H17N3O3S/c9-5-8-6-14-4-3-11(8)15(12,13)10-7-1-2-7/h7-8,10H,1-6,9H2. The predicted molar refractivity (Wildman–Crippen MR) is 55.4 cm³/mol. The van der Waals surface area contributed by atoms with Crippen LogP contribution in [0.25, 0.3) is 0 Å². The van der Waals surface area contributed by atoms with Gasteiger partial charge in [-0.05, 0) is 12.8 Å². The van der Waals surface area contributed by atoms with E-state index in [0.29, 0.717) is 26.3 Å². The Labute approximate surface area is 89.9 Å². The fourth-order valence-electron chi connectivity index (χ4n) is 1.62. The molecule has 2 aliphatic rings. The second kappa shape index (κ2) is 4.34. The van der Waals surface area contributed by atoms with Crippen molar-refractivity contribution in [3.8, 4) is 0 Å². The molecule has 1 saturated heterocycles. The molecule has 2 rings (SSSR count). The topological polar surface area (TPSA) is 84.7 Å². The lowest BCUT2D eigenvalue weighted by molar-refractivity contribution is 0.0352. The molecule has 3 N–H and O–H groups in total. The molecule has 0 amide bonds. The van der Waals surface area contributed by atoms with E-state index in [1.165, 1.54) is 4.31 Å². The van der Waals surface area contributed by atoms with Gasteiger partial charge < -0.3 is 10.5 Å². The van der Waals surface area contributed by atoms with Crippen LogP contribution in [-0.4, -0.2) is 51.1 Å². The van der Waals surface area contributed by atoms with Gasteiger partial charge in [0, 0.05) is 19.1 Å². The third kappa shape index (κ3) is 2.67. The van der Waals surface area contributed by atoms with Crippen LogP contribution in [0.2, 0.25) is 0 Å². The summed E-state index contributed by atoms with van der Waals surface area (Å²) >= 11 is 0. The molecule has 1 atom stereocenters. The van der Waals surface area contributed by atoms with Gasteiger partial charge in [0.1, 0.15) is 0 Å². The fraction of sp³-hybridized carbons (Fsp3) is 1.00. The SMILES string of the molecule is NCC1COCCN1S(=O)(=O)NC1CC1. The maximum atomic E-state index is 11.9. The van der Waals surface area contributed by atoms with Crippen LogP contribution in [0.1, 0.15) is 12.8 Å². The van der Waals surface area contributed by atoms with Gasteiger partial charge in [0.05, 0.1) is 19.3 Å². The fourth-order valence-corrected chi connectivity index (χ4v) is 3.27. The lowest BCUT2D eigenvalue weighted by atomic mass is 10.3. The average molecular weight is 235 g/mol. The monoisotopic (exact) mass is 235 g/mol. The molecule has 1 saturated carbocycles. The van der Waals surface area contributed by atoms with Gasteiger partial charge in [-0.2, -0.15) is 17.4 Å². The van der Waals surface area contributed by atoms with Crippen molar-refractivity contribution in [3.05, 3.63) is 0 Å². The van der Waals surface area contributed by atoms with E-state index in [4.69, 9.17) is 10.5 Å². The summed E-state index contributed by atoms with van der Waals surface area (Å²) < 4.78 is 33.1. The Hall–Kier alpha value is -0.210. The highest BCUT2D eigenvalue weighted by molar-refractivity contribution is 7.87. The summed E-state index contributed by atoms with van der Waals surface area (Å²) in [5, 5.41) is 0. The minimum atomic E-state index is -3.36. The van der Waals surface area contributed by atoms with Crippen LogP contribution in [0.3, 0.4) is 0 Å². The Morgan fingerprint density at radius 1 is 1.47 bits per heavy atom. The third-order valence-electron chi connectivity index (χ3n) is 2.65. The number of ether oxygens (including phenoxy) is 1. The molecular weight excluding hydrogens is 218 g/mol. The molecule has 1 heterocycles. The molecule has 1 unspecified atom stereocenters. The average Bonchev–Trinajstić information content (AvgIpc) is 3.01. The Morgan fingerprint density at radius 3 is 2.80 bits per heavy atom. The number of morpholine rings is 1. The van der Waals surface area contributed by atoms with Gasteiger partial charge in [0.25, 0.3) is 10.2 Å². The summed E-state index contributed by atoms with van der Waals surface area (Å²) in [5.74, 6) is 0. The van der Waals surface area contributed by atoms with Gasteiger partial charge in [-0.25, -0.2) is 0 Å². The zero-order valence-electron chi connectivity index (χ0n) is 8.55. The lowest BCUT2D eigenvalue weighted by Gasteiger charge is -2.33. The molecule has 0 radical (unpaired) electrons. The molecule has 7 heteroatoms. The third-order valence-corrected chi connectivity index (χ3v) is 4.38.